The van der Waals surface area contributed by atoms with Crippen LogP contribution in [0.3, 0.4) is 0 Å². The molecule has 5 heteroatoms. The lowest BCUT2D eigenvalue weighted by atomic mass is 10.0. The van der Waals surface area contributed by atoms with Gasteiger partial charge in [0.2, 0.25) is 0 Å². The van der Waals surface area contributed by atoms with Crippen LogP contribution < -0.4 is 4.74 Å². The molecule has 1 aliphatic heterocycles. The van der Waals surface area contributed by atoms with E-state index in [1.165, 1.54) is 11.9 Å². The Hall–Kier alpha value is -1.98. The van der Waals surface area contributed by atoms with Crippen LogP contribution in [-0.4, -0.2) is 39.7 Å². The Labute approximate surface area is 124 Å². The van der Waals surface area contributed by atoms with Crippen LogP contribution in [-0.2, 0) is 6.54 Å². The number of likely N-dealkylation sites (tertiary alicyclic amines) is 1. The molecule has 1 N–H and O–H groups in total. The summed E-state index contributed by atoms with van der Waals surface area (Å²) < 4.78 is 5.29. The highest BCUT2D eigenvalue weighted by atomic mass is 16.5. The molecule has 2 atom stereocenters. The molecule has 5 nitrogen and oxygen atoms in total. The van der Waals surface area contributed by atoms with E-state index in [4.69, 9.17) is 4.74 Å². The van der Waals surface area contributed by atoms with Crippen molar-refractivity contribution in [3.63, 3.8) is 0 Å². The van der Waals surface area contributed by atoms with Gasteiger partial charge in [-0.25, -0.2) is 9.97 Å². The number of benzene rings is 1. The van der Waals surface area contributed by atoms with Crippen LogP contribution in [0.4, 0.5) is 0 Å². The molecule has 0 amide bonds. The van der Waals surface area contributed by atoms with E-state index in [1.54, 1.807) is 7.11 Å². The lowest BCUT2D eigenvalue weighted by Crippen LogP contribution is -2.24. The van der Waals surface area contributed by atoms with Crippen LogP contribution >= 0.6 is 0 Å². The van der Waals surface area contributed by atoms with E-state index in [0.717, 1.165) is 24.3 Å². The van der Waals surface area contributed by atoms with Gasteiger partial charge < -0.3 is 9.84 Å². The number of hydrogen-bond donors (Lipinski definition) is 1. The van der Waals surface area contributed by atoms with Gasteiger partial charge in [0.15, 0.2) is 0 Å². The van der Waals surface area contributed by atoms with Crippen LogP contribution in [0.15, 0.2) is 43.0 Å². The third-order valence-corrected chi connectivity index (χ3v) is 3.86. The maximum absolute atomic E-state index is 10.0. The van der Waals surface area contributed by atoms with Gasteiger partial charge in [-0.05, 0) is 24.1 Å². The fourth-order valence-corrected chi connectivity index (χ4v) is 2.90. The number of β-amino-alcohol motifs (C(OH)–C–C–N with tert-alkyl or cyclic N) is 1. The van der Waals surface area contributed by atoms with Gasteiger partial charge in [0.05, 0.1) is 13.2 Å². The molecule has 1 saturated heterocycles. The van der Waals surface area contributed by atoms with Gasteiger partial charge in [-0.15, -0.1) is 0 Å². The number of aromatic nitrogens is 2. The highest BCUT2D eigenvalue weighted by Gasteiger charge is 2.32. The Morgan fingerprint density at radius 2 is 2.14 bits per heavy atom. The Morgan fingerprint density at radius 1 is 1.33 bits per heavy atom. The van der Waals surface area contributed by atoms with Crippen LogP contribution in [0, 0.1) is 0 Å². The standard InChI is InChI=1S/C16H19N3O2/c1-21-15-4-2-3-13(5-15)16-6-14(20)10-19(16)9-12-7-17-11-18-8-12/h2-5,7-8,11,14,16,20H,6,9-10H2,1H3/t14-,16-/m1/s1. The highest BCUT2D eigenvalue weighted by Crippen LogP contribution is 2.34. The lowest BCUT2D eigenvalue weighted by molar-refractivity contribution is 0.172. The Morgan fingerprint density at radius 3 is 2.90 bits per heavy atom. The number of aliphatic hydroxyl groups is 1. The monoisotopic (exact) mass is 285 g/mol. The van der Waals surface area contributed by atoms with Crippen molar-refractivity contribution in [2.24, 2.45) is 0 Å². The number of hydrogen-bond acceptors (Lipinski definition) is 5. The summed E-state index contributed by atoms with van der Waals surface area (Å²) in [5.41, 5.74) is 2.22. The number of methoxy groups -OCH3 is 1. The van der Waals surface area contributed by atoms with Crippen molar-refractivity contribution in [2.75, 3.05) is 13.7 Å². The number of nitrogens with zero attached hydrogens (tertiary/aromatic N) is 3. The molecule has 0 bridgehead atoms. The molecule has 1 fully saturated rings. The van der Waals surface area contributed by atoms with Gasteiger partial charge in [-0.3, -0.25) is 4.90 Å². The molecule has 0 spiro atoms. The molecule has 110 valence electrons. The van der Waals surface area contributed by atoms with Gasteiger partial charge in [0.1, 0.15) is 12.1 Å². The maximum Gasteiger partial charge on any atom is 0.119 e. The minimum atomic E-state index is -0.300. The maximum atomic E-state index is 10.0. The molecule has 0 saturated carbocycles. The molecule has 0 unspecified atom stereocenters. The first-order chi connectivity index (χ1) is 10.3. The van der Waals surface area contributed by atoms with Gasteiger partial charge in [-0.2, -0.15) is 0 Å². The van der Waals surface area contributed by atoms with E-state index >= 15 is 0 Å². The smallest absolute Gasteiger partial charge is 0.119 e. The Balaban J connectivity index is 1.81. The van der Waals surface area contributed by atoms with Crippen LogP contribution in [0.2, 0.25) is 0 Å². The zero-order valence-electron chi connectivity index (χ0n) is 12.0. The first-order valence-corrected chi connectivity index (χ1v) is 7.06. The number of rotatable bonds is 4. The van der Waals surface area contributed by atoms with E-state index < -0.39 is 0 Å². The van der Waals surface area contributed by atoms with Crippen LogP contribution in [0.5, 0.6) is 5.75 Å². The molecule has 0 aliphatic carbocycles. The van der Waals surface area contributed by atoms with Crippen molar-refractivity contribution in [1.82, 2.24) is 14.9 Å². The first kappa shape index (κ1) is 14.0. The number of aliphatic hydroxyl groups excluding tert-OH is 1. The highest BCUT2D eigenvalue weighted by molar-refractivity contribution is 5.31. The molecule has 0 radical (unpaired) electrons. The fourth-order valence-electron chi connectivity index (χ4n) is 2.90. The summed E-state index contributed by atoms with van der Waals surface area (Å²) in [6, 6.07) is 8.24. The summed E-state index contributed by atoms with van der Waals surface area (Å²) in [7, 11) is 1.67. The predicted octanol–water partition coefficient (Wildman–Crippen LogP) is 1.79. The molecular weight excluding hydrogens is 266 g/mol. The largest absolute Gasteiger partial charge is 0.497 e. The Kier molecular flexibility index (Phi) is 4.13. The summed E-state index contributed by atoms with van der Waals surface area (Å²) in [6.07, 6.45) is 5.61. The van der Waals surface area contributed by atoms with E-state index in [0.29, 0.717) is 6.54 Å². The van der Waals surface area contributed by atoms with E-state index in [1.807, 2.05) is 30.6 Å². The first-order valence-electron chi connectivity index (χ1n) is 7.06. The number of ether oxygens (including phenoxy) is 1. The summed E-state index contributed by atoms with van der Waals surface area (Å²) in [5.74, 6) is 0.844. The molecule has 1 aromatic heterocycles. The quantitative estimate of drug-likeness (QED) is 0.928. The molecule has 2 aromatic rings. The van der Waals surface area contributed by atoms with E-state index in [9.17, 15) is 5.11 Å². The summed E-state index contributed by atoms with van der Waals surface area (Å²) in [6.45, 7) is 1.40. The second-order valence-corrected chi connectivity index (χ2v) is 5.36. The molecule has 1 aliphatic rings. The van der Waals surface area contributed by atoms with Gasteiger partial charge in [0, 0.05) is 37.1 Å². The summed E-state index contributed by atoms with van der Waals surface area (Å²) in [4.78, 5) is 10.4. The van der Waals surface area contributed by atoms with Crippen molar-refractivity contribution in [1.29, 1.82) is 0 Å². The topological polar surface area (TPSA) is 58.5 Å². The molecule has 3 rings (SSSR count). The van der Waals surface area contributed by atoms with Crippen molar-refractivity contribution < 1.29 is 9.84 Å². The molecular formula is C16H19N3O2. The zero-order chi connectivity index (χ0) is 14.7. The van der Waals surface area contributed by atoms with Crippen molar-refractivity contribution in [3.05, 3.63) is 54.1 Å². The third-order valence-electron chi connectivity index (χ3n) is 3.86. The summed E-state index contributed by atoms with van der Waals surface area (Å²) in [5, 5.41) is 10.0. The average molecular weight is 285 g/mol. The van der Waals surface area contributed by atoms with Crippen molar-refractivity contribution in [3.8, 4) is 5.75 Å². The van der Waals surface area contributed by atoms with Crippen molar-refractivity contribution >= 4 is 0 Å². The van der Waals surface area contributed by atoms with Crippen LogP contribution in [0.1, 0.15) is 23.6 Å². The predicted molar refractivity (Wildman–Crippen MR) is 78.8 cm³/mol. The average Bonchev–Trinajstić information content (AvgIpc) is 2.89. The SMILES string of the molecule is COc1cccc([C@H]2C[C@@H](O)CN2Cc2cncnc2)c1. The minimum Gasteiger partial charge on any atom is -0.497 e. The zero-order valence-corrected chi connectivity index (χ0v) is 12.0. The second kappa shape index (κ2) is 6.20. The lowest BCUT2D eigenvalue weighted by Gasteiger charge is -2.24. The van der Waals surface area contributed by atoms with Gasteiger partial charge in [-0.1, -0.05) is 12.1 Å². The summed E-state index contributed by atoms with van der Waals surface area (Å²) >= 11 is 0. The van der Waals surface area contributed by atoms with Crippen molar-refractivity contribution in [2.45, 2.75) is 25.1 Å². The third kappa shape index (κ3) is 3.20. The molecule has 1 aromatic carbocycles. The van der Waals surface area contributed by atoms with Gasteiger partial charge in [0.25, 0.3) is 0 Å². The van der Waals surface area contributed by atoms with E-state index in [-0.39, 0.29) is 12.1 Å². The van der Waals surface area contributed by atoms with Crippen LogP contribution in [0.25, 0.3) is 0 Å². The van der Waals surface area contributed by atoms with Gasteiger partial charge >= 0.3 is 0 Å². The van der Waals surface area contributed by atoms with E-state index in [2.05, 4.69) is 20.9 Å². The fraction of sp³-hybridized carbons (Fsp3) is 0.375. The Bertz CT molecular complexity index is 591. The normalized spacial score (nSPS) is 22.4. The molecule has 21 heavy (non-hydrogen) atoms. The molecule has 2 heterocycles. The second-order valence-electron chi connectivity index (χ2n) is 5.36. The minimum absolute atomic E-state index is 0.190.